The van der Waals surface area contributed by atoms with Gasteiger partial charge in [0.15, 0.2) is 0 Å². The summed E-state index contributed by atoms with van der Waals surface area (Å²) in [6.07, 6.45) is 5.12. The molecule has 0 spiro atoms. The van der Waals surface area contributed by atoms with Gasteiger partial charge in [-0.05, 0) is 32.0 Å². The normalized spacial score (nSPS) is 11.1. The number of ether oxygens (including phenoxy) is 1. The minimum atomic E-state index is 0.798. The molecule has 1 N–H and O–H groups in total. The standard InChI is InChI=1S/C13H19N3O/c1-2-17-9-5-7-14-10-12-11-16-8-4-3-6-13(16)15-12/h3-4,6,8,11,14H,2,5,7,9-10H2,1H3. The fraction of sp³-hybridized carbons (Fsp3) is 0.462. The Morgan fingerprint density at radius 3 is 3.18 bits per heavy atom. The molecule has 0 aliphatic carbocycles. The molecule has 2 heterocycles. The third-order valence-electron chi connectivity index (χ3n) is 2.57. The fourth-order valence-corrected chi connectivity index (χ4v) is 1.73. The number of rotatable bonds is 7. The van der Waals surface area contributed by atoms with Crippen LogP contribution in [-0.4, -0.2) is 29.1 Å². The van der Waals surface area contributed by atoms with Gasteiger partial charge in [0.25, 0.3) is 0 Å². The van der Waals surface area contributed by atoms with Gasteiger partial charge in [-0.3, -0.25) is 0 Å². The molecule has 2 rings (SSSR count). The maximum Gasteiger partial charge on any atom is 0.137 e. The number of nitrogens with zero attached hydrogens (tertiary/aromatic N) is 2. The molecular formula is C13H19N3O. The molecule has 0 saturated carbocycles. The number of hydrogen-bond acceptors (Lipinski definition) is 3. The van der Waals surface area contributed by atoms with Crippen molar-refractivity contribution in [3.63, 3.8) is 0 Å². The van der Waals surface area contributed by atoms with Crippen LogP contribution < -0.4 is 5.32 Å². The molecule has 0 radical (unpaired) electrons. The Labute approximate surface area is 102 Å². The molecule has 17 heavy (non-hydrogen) atoms. The van der Waals surface area contributed by atoms with E-state index < -0.39 is 0 Å². The Morgan fingerprint density at radius 2 is 2.35 bits per heavy atom. The summed E-state index contributed by atoms with van der Waals surface area (Å²) < 4.78 is 7.31. The van der Waals surface area contributed by atoms with Crippen LogP contribution in [0.1, 0.15) is 19.0 Å². The second-order valence-corrected chi connectivity index (χ2v) is 3.93. The van der Waals surface area contributed by atoms with Gasteiger partial charge < -0.3 is 14.5 Å². The maximum atomic E-state index is 5.27. The first-order valence-corrected chi connectivity index (χ1v) is 6.11. The predicted molar refractivity (Wildman–Crippen MR) is 68.0 cm³/mol. The smallest absolute Gasteiger partial charge is 0.137 e. The van der Waals surface area contributed by atoms with E-state index in [4.69, 9.17) is 4.74 Å². The first-order valence-electron chi connectivity index (χ1n) is 6.11. The van der Waals surface area contributed by atoms with Crippen molar-refractivity contribution in [3.8, 4) is 0 Å². The Hall–Kier alpha value is -1.39. The molecule has 4 heteroatoms. The van der Waals surface area contributed by atoms with Crippen LogP contribution in [-0.2, 0) is 11.3 Å². The summed E-state index contributed by atoms with van der Waals surface area (Å²) in [5, 5.41) is 3.37. The summed E-state index contributed by atoms with van der Waals surface area (Å²) in [7, 11) is 0. The number of nitrogens with one attached hydrogen (secondary N) is 1. The Kier molecular flexibility index (Phi) is 4.53. The summed E-state index contributed by atoms with van der Waals surface area (Å²) in [4.78, 5) is 4.52. The summed E-state index contributed by atoms with van der Waals surface area (Å²) in [6, 6.07) is 6.02. The van der Waals surface area contributed by atoms with Crippen molar-refractivity contribution >= 4 is 5.65 Å². The number of pyridine rings is 1. The minimum absolute atomic E-state index is 0.798. The minimum Gasteiger partial charge on any atom is -0.382 e. The van der Waals surface area contributed by atoms with Crippen LogP contribution in [0.15, 0.2) is 30.6 Å². The fourth-order valence-electron chi connectivity index (χ4n) is 1.73. The molecule has 92 valence electrons. The predicted octanol–water partition coefficient (Wildman–Crippen LogP) is 1.85. The van der Waals surface area contributed by atoms with E-state index in [0.29, 0.717) is 0 Å². The summed E-state index contributed by atoms with van der Waals surface area (Å²) >= 11 is 0. The molecule has 2 aromatic heterocycles. The second kappa shape index (κ2) is 6.37. The van der Waals surface area contributed by atoms with Crippen molar-refractivity contribution in [1.29, 1.82) is 0 Å². The van der Waals surface area contributed by atoms with E-state index in [-0.39, 0.29) is 0 Å². The van der Waals surface area contributed by atoms with Crippen LogP contribution in [0.4, 0.5) is 0 Å². The average molecular weight is 233 g/mol. The lowest BCUT2D eigenvalue weighted by atomic mass is 10.4. The highest BCUT2D eigenvalue weighted by molar-refractivity contribution is 5.39. The average Bonchev–Trinajstić information content (AvgIpc) is 2.76. The molecule has 0 aliphatic heterocycles. The lowest BCUT2D eigenvalue weighted by Crippen LogP contribution is -2.16. The highest BCUT2D eigenvalue weighted by Crippen LogP contribution is 2.03. The Balaban J connectivity index is 1.75. The van der Waals surface area contributed by atoms with Crippen molar-refractivity contribution in [2.45, 2.75) is 19.9 Å². The number of hydrogen-bond donors (Lipinski definition) is 1. The van der Waals surface area contributed by atoms with Crippen LogP contribution in [0.5, 0.6) is 0 Å². The van der Waals surface area contributed by atoms with E-state index in [1.807, 2.05) is 35.7 Å². The Morgan fingerprint density at radius 1 is 1.41 bits per heavy atom. The van der Waals surface area contributed by atoms with Crippen LogP contribution in [0.25, 0.3) is 5.65 Å². The summed E-state index contributed by atoms with van der Waals surface area (Å²) in [5.41, 5.74) is 2.08. The van der Waals surface area contributed by atoms with Crippen molar-refractivity contribution in [2.24, 2.45) is 0 Å². The van der Waals surface area contributed by atoms with Gasteiger partial charge in [0.05, 0.1) is 5.69 Å². The number of imidazole rings is 1. The largest absolute Gasteiger partial charge is 0.382 e. The van der Waals surface area contributed by atoms with E-state index >= 15 is 0 Å². The van der Waals surface area contributed by atoms with Gasteiger partial charge >= 0.3 is 0 Å². The topological polar surface area (TPSA) is 38.6 Å². The van der Waals surface area contributed by atoms with Crippen molar-refractivity contribution in [3.05, 3.63) is 36.3 Å². The van der Waals surface area contributed by atoms with Crippen LogP contribution in [0.2, 0.25) is 0 Å². The monoisotopic (exact) mass is 233 g/mol. The van der Waals surface area contributed by atoms with Gasteiger partial charge in [0.2, 0.25) is 0 Å². The summed E-state index contributed by atoms with van der Waals surface area (Å²) in [6.45, 7) is 5.42. The van der Waals surface area contributed by atoms with Crippen LogP contribution in [0, 0.1) is 0 Å². The molecule has 2 aromatic rings. The Bertz CT molecular complexity index is 420. The van der Waals surface area contributed by atoms with Gasteiger partial charge in [-0.2, -0.15) is 0 Å². The molecule has 0 amide bonds. The third kappa shape index (κ3) is 3.54. The van der Waals surface area contributed by atoms with E-state index in [2.05, 4.69) is 16.5 Å². The summed E-state index contributed by atoms with van der Waals surface area (Å²) in [5.74, 6) is 0. The molecule has 0 unspecified atom stereocenters. The SMILES string of the molecule is CCOCCCNCc1cn2ccccc2n1. The van der Waals surface area contributed by atoms with E-state index in [1.54, 1.807) is 0 Å². The number of fused-ring (bicyclic) bond motifs is 1. The van der Waals surface area contributed by atoms with Gasteiger partial charge in [0.1, 0.15) is 5.65 Å². The zero-order chi connectivity index (χ0) is 11.9. The van der Waals surface area contributed by atoms with Gasteiger partial charge in [-0.25, -0.2) is 4.98 Å². The zero-order valence-corrected chi connectivity index (χ0v) is 10.2. The van der Waals surface area contributed by atoms with Crippen molar-refractivity contribution < 1.29 is 4.74 Å². The molecule has 0 aliphatic rings. The van der Waals surface area contributed by atoms with Gasteiger partial charge in [-0.1, -0.05) is 6.07 Å². The molecule has 0 aromatic carbocycles. The van der Waals surface area contributed by atoms with E-state index in [1.165, 1.54) is 0 Å². The first-order chi connectivity index (χ1) is 8.40. The molecule has 0 saturated heterocycles. The molecule has 0 fully saturated rings. The molecular weight excluding hydrogens is 214 g/mol. The van der Waals surface area contributed by atoms with E-state index in [9.17, 15) is 0 Å². The lowest BCUT2D eigenvalue weighted by Gasteiger charge is -2.02. The molecule has 4 nitrogen and oxygen atoms in total. The van der Waals surface area contributed by atoms with Crippen LogP contribution >= 0.6 is 0 Å². The zero-order valence-electron chi connectivity index (χ0n) is 10.2. The van der Waals surface area contributed by atoms with Gasteiger partial charge in [-0.15, -0.1) is 0 Å². The van der Waals surface area contributed by atoms with Gasteiger partial charge in [0, 0.05) is 32.2 Å². The highest BCUT2D eigenvalue weighted by atomic mass is 16.5. The first kappa shape index (κ1) is 12.1. The highest BCUT2D eigenvalue weighted by Gasteiger charge is 1.99. The maximum absolute atomic E-state index is 5.27. The van der Waals surface area contributed by atoms with E-state index in [0.717, 1.165) is 44.1 Å². The van der Waals surface area contributed by atoms with Crippen molar-refractivity contribution in [1.82, 2.24) is 14.7 Å². The lowest BCUT2D eigenvalue weighted by molar-refractivity contribution is 0.144. The van der Waals surface area contributed by atoms with Crippen molar-refractivity contribution in [2.75, 3.05) is 19.8 Å². The number of aromatic nitrogens is 2. The molecule has 0 atom stereocenters. The molecule has 0 bridgehead atoms. The van der Waals surface area contributed by atoms with Crippen LogP contribution in [0.3, 0.4) is 0 Å². The second-order valence-electron chi connectivity index (χ2n) is 3.93. The third-order valence-corrected chi connectivity index (χ3v) is 2.57. The quantitative estimate of drug-likeness (QED) is 0.742.